The Morgan fingerprint density at radius 1 is 1.05 bits per heavy atom. The molecule has 5 heteroatoms. The molecule has 0 bridgehead atoms. The fourth-order valence-electron chi connectivity index (χ4n) is 1.66. The Hall–Kier alpha value is -2.48. The minimum atomic E-state index is -3.02. The molecule has 0 unspecified atom stereocenters. The molecule has 0 aromatic heterocycles. The second-order valence-electron chi connectivity index (χ2n) is 3.71. The van der Waals surface area contributed by atoms with E-state index in [-0.39, 0.29) is 11.3 Å². The third-order valence-electron chi connectivity index (χ3n) is 2.48. The number of ether oxygens (including phenoxy) is 1. The average Bonchev–Trinajstić information content (AvgIpc) is 2.38. The second kappa shape index (κ2) is 5.44. The topological polar surface area (TPSA) is 33.0 Å². The fourth-order valence-corrected chi connectivity index (χ4v) is 1.66. The first-order valence-electron chi connectivity index (χ1n) is 5.35. The predicted octanol–water partition coefficient (Wildman–Crippen LogP) is 3.97. The summed E-state index contributed by atoms with van der Waals surface area (Å²) in [4.78, 5) is 0. The lowest BCUT2D eigenvalue weighted by Crippen LogP contribution is -2.03. The monoisotopic (exact) mass is 263 g/mol. The van der Waals surface area contributed by atoms with Crippen molar-refractivity contribution >= 4 is 0 Å². The third kappa shape index (κ3) is 3.05. The van der Waals surface area contributed by atoms with Crippen molar-refractivity contribution in [3.05, 3.63) is 53.8 Å². The highest BCUT2D eigenvalue weighted by Crippen LogP contribution is 2.28. The van der Waals surface area contributed by atoms with Crippen LogP contribution in [0.25, 0.3) is 11.1 Å². The minimum absolute atomic E-state index is 0.000420. The second-order valence-corrected chi connectivity index (χ2v) is 3.71. The van der Waals surface area contributed by atoms with E-state index in [2.05, 4.69) is 4.74 Å². The minimum Gasteiger partial charge on any atom is -0.433 e. The van der Waals surface area contributed by atoms with E-state index >= 15 is 0 Å². The lowest BCUT2D eigenvalue weighted by Gasteiger charge is -2.09. The number of benzene rings is 2. The van der Waals surface area contributed by atoms with Crippen LogP contribution in [0.2, 0.25) is 0 Å². The van der Waals surface area contributed by atoms with E-state index in [1.54, 1.807) is 18.2 Å². The number of rotatable bonds is 3. The van der Waals surface area contributed by atoms with Crippen LogP contribution >= 0.6 is 0 Å². The molecular formula is C14H8F3NO. The third-order valence-corrected chi connectivity index (χ3v) is 2.48. The molecule has 2 aromatic carbocycles. The summed E-state index contributed by atoms with van der Waals surface area (Å²) in [6.45, 7) is -3.02. The van der Waals surface area contributed by atoms with Gasteiger partial charge in [0.15, 0.2) is 0 Å². The van der Waals surface area contributed by atoms with Crippen LogP contribution in [0, 0.1) is 17.1 Å². The Kier molecular flexibility index (Phi) is 3.71. The molecule has 19 heavy (non-hydrogen) atoms. The SMILES string of the molecule is N#Cc1ccc(-c2cccc(F)c2)cc1OC(F)F. The van der Waals surface area contributed by atoms with E-state index in [0.29, 0.717) is 11.1 Å². The molecule has 0 amide bonds. The number of nitrogens with zero attached hydrogens (tertiary/aromatic N) is 1. The molecule has 0 heterocycles. The zero-order chi connectivity index (χ0) is 13.8. The van der Waals surface area contributed by atoms with Gasteiger partial charge in [-0.1, -0.05) is 18.2 Å². The Bertz CT molecular complexity index is 635. The maximum absolute atomic E-state index is 13.1. The van der Waals surface area contributed by atoms with E-state index in [9.17, 15) is 13.2 Å². The van der Waals surface area contributed by atoms with E-state index in [1.165, 1.54) is 30.3 Å². The molecule has 0 saturated heterocycles. The van der Waals surface area contributed by atoms with Gasteiger partial charge in [0.05, 0.1) is 5.56 Å². The average molecular weight is 263 g/mol. The van der Waals surface area contributed by atoms with Crippen molar-refractivity contribution in [2.24, 2.45) is 0 Å². The number of alkyl halides is 2. The molecule has 0 spiro atoms. The fraction of sp³-hybridized carbons (Fsp3) is 0.0714. The largest absolute Gasteiger partial charge is 0.433 e. The van der Waals surface area contributed by atoms with Gasteiger partial charge in [0.1, 0.15) is 17.6 Å². The smallest absolute Gasteiger partial charge is 0.387 e. The van der Waals surface area contributed by atoms with E-state index in [0.717, 1.165) is 0 Å². The van der Waals surface area contributed by atoms with Crippen molar-refractivity contribution in [3.8, 4) is 22.9 Å². The lowest BCUT2D eigenvalue weighted by atomic mass is 10.0. The first-order valence-corrected chi connectivity index (χ1v) is 5.35. The van der Waals surface area contributed by atoms with Crippen LogP contribution in [0.5, 0.6) is 5.75 Å². The molecule has 0 saturated carbocycles. The van der Waals surface area contributed by atoms with Gasteiger partial charge in [-0.15, -0.1) is 0 Å². The first kappa shape index (κ1) is 13.0. The summed E-state index contributed by atoms with van der Waals surface area (Å²) in [6, 6.07) is 11.7. The van der Waals surface area contributed by atoms with E-state index < -0.39 is 12.4 Å². The van der Waals surface area contributed by atoms with Crippen LogP contribution in [0.1, 0.15) is 5.56 Å². The van der Waals surface area contributed by atoms with Crippen LogP contribution in [0.4, 0.5) is 13.2 Å². The molecule has 0 radical (unpaired) electrons. The predicted molar refractivity (Wildman–Crippen MR) is 63.2 cm³/mol. The van der Waals surface area contributed by atoms with Crippen LogP contribution in [-0.4, -0.2) is 6.61 Å². The van der Waals surface area contributed by atoms with Crippen LogP contribution in [0.3, 0.4) is 0 Å². The van der Waals surface area contributed by atoms with Gasteiger partial charge in [0.25, 0.3) is 0 Å². The van der Waals surface area contributed by atoms with Gasteiger partial charge in [-0.25, -0.2) is 4.39 Å². The molecule has 0 atom stereocenters. The standard InChI is InChI=1S/C14H8F3NO/c15-12-3-1-2-9(6-12)10-4-5-11(8-18)13(7-10)19-14(16)17/h1-7,14H. The zero-order valence-corrected chi connectivity index (χ0v) is 9.61. The molecule has 2 aromatic rings. The van der Waals surface area contributed by atoms with Gasteiger partial charge in [0, 0.05) is 0 Å². The maximum atomic E-state index is 13.1. The highest BCUT2D eigenvalue weighted by Gasteiger charge is 2.11. The molecule has 2 nitrogen and oxygen atoms in total. The van der Waals surface area contributed by atoms with Crippen LogP contribution < -0.4 is 4.74 Å². The van der Waals surface area contributed by atoms with Crippen LogP contribution in [0.15, 0.2) is 42.5 Å². The van der Waals surface area contributed by atoms with Crippen molar-refractivity contribution in [1.29, 1.82) is 5.26 Å². The Balaban J connectivity index is 2.46. The van der Waals surface area contributed by atoms with Crippen LogP contribution in [-0.2, 0) is 0 Å². The highest BCUT2D eigenvalue weighted by atomic mass is 19.3. The summed E-state index contributed by atoms with van der Waals surface area (Å²) >= 11 is 0. The van der Waals surface area contributed by atoms with Crippen molar-refractivity contribution in [2.75, 3.05) is 0 Å². The number of hydrogen-bond donors (Lipinski definition) is 0. The quantitative estimate of drug-likeness (QED) is 0.839. The van der Waals surface area contributed by atoms with E-state index in [1.807, 2.05) is 0 Å². The molecule has 0 aliphatic carbocycles. The Labute approximate surface area is 107 Å². The highest BCUT2D eigenvalue weighted by molar-refractivity contribution is 5.67. The normalized spacial score (nSPS) is 10.3. The van der Waals surface area contributed by atoms with Gasteiger partial charge in [-0.3, -0.25) is 0 Å². The number of hydrogen-bond acceptors (Lipinski definition) is 2. The number of halogens is 3. The van der Waals surface area contributed by atoms with Crippen molar-refractivity contribution < 1.29 is 17.9 Å². The van der Waals surface area contributed by atoms with Gasteiger partial charge >= 0.3 is 6.61 Å². The summed E-state index contributed by atoms with van der Waals surface area (Å²) in [6.07, 6.45) is 0. The van der Waals surface area contributed by atoms with Gasteiger partial charge in [-0.05, 0) is 35.4 Å². The first-order chi connectivity index (χ1) is 9.10. The maximum Gasteiger partial charge on any atom is 0.387 e. The number of nitriles is 1. The molecule has 0 fully saturated rings. The van der Waals surface area contributed by atoms with Gasteiger partial charge in [0.2, 0.25) is 0 Å². The van der Waals surface area contributed by atoms with Gasteiger partial charge < -0.3 is 4.74 Å². The Morgan fingerprint density at radius 3 is 2.42 bits per heavy atom. The molecule has 0 N–H and O–H groups in total. The molecule has 0 aliphatic rings. The van der Waals surface area contributed by atoms with Crippen molar-refractivity contribution in [2.45, 2.75) is 6.61 Å². The molecule has 2 rings (SSSR count). The summed E-state index contributed by atoms with van der Waals surface area (Å²) in [5.74, 6) is -0.655. The summed E-state index contributed by atoms with van der Waals surface area (Å²) in [7, 11) is 0. The van der Waals surface area contributed by atoms with Crippen molar-refractivity contribution in [3.63, 3.8) is 0 Å². The molecule has 96 valence electrons. The molecule has 0 aliphatic heterocycles. The summed E-state index contributed by atoms with van der Waals surface area (Å²) in [5, 5.41) is 8.80. The summed E-state index contributed by atoms with van der Waals surface area (Å²) < 4.78 is 41.9. The molecular weight excluding hydrogens is 255 g/mol. The van der Waals surface area contributed by atoms with Gasteiger partial charge in [-0.2, -0.15) is 14.0 Å². The Morgan fingerprint density at radius 2 is 1.79 bits per heavy atom. The van der Waals surface area contributed by atoms with E-state index in [4.69, 9.17) is 5.26 Å². The van der Waals surface area contributed by atoms with Crippen molar-refractivity contribution in [1.82, 2.24) is 0 Å². The summed E-state index contributed by atoms with van der Waals surface area (Å²) in [5.41, 5.74) is 1.01. The zero-order valence-electron chi connectivity index (χ0n) is 9.61. The lowest BCUT2D eigenvalue weighted by molar-refractivity contribution is -0.0500.